The van der Waals surface area contributed by atoms with Crippen LogP contribution in [0.5, 0.6) is 5.75 Å². The molecule has 0 fully saturated rings. The number of rotatable bonds is 3. The summed E-state index contributed by atoms with van der Waals surface area (Å²) in [6, 6.07) is 12.3. The average Bonchev–Trinajstić information content (AvgIpc) is 2.82. The smallest absolute Gasteiger partial charge is 0.115 e. The molecule has 0 radical (unpaired) electrons. The van der Waals surface area contributed by atoms with Crippen molar-refractivity contribution in [1.82, 2.24) is 10.3 Å². The molecule has 2 N–H and O–H groups in total. The van der Waals surface area contributed by atoms with Gasteiger partial charge in [0.1, 0.15) is 5.75 Å². The largest absolute Gasteiger partial charge is 0.508 e. The van der Waals surface area contributed by atoms with Crippen LogP contribution in [0.4, 0.5) is 0 Å². The minimum Gasteiger partial charge on any atom is -0.508 e. The van der Waals surface area contributed by atoms with Crippen LogP contribution in [0.3, 0.4) is 0 Å². The lowest BCUT2D eigenvalue weighted by Gasteiger charge is -2.20. The molecule has 1 aliphatic rings. The first kappa shape index (κ1) is 12.2. The molecule has 0 saturated heterocycles. The van der Waals surface area contributed by atoms with E-state index in [-0.39, 0.29) is 6.04 Å². The molecule has 1 heterocycles. The number of phenolic OH excluding ortho intramolecular Hbond substituents is 1. The van der Waals surface area contributed by atoms with Crippen LogP contribution in [0.25, 0.3) is 0 Å². The van der Waals surface area contributed by atoms with Gasteiger partial charge in [-0.15, -0.1) is 0 Å². The van der Waals surface area contributed by atoms with Gasteiger partial charge in [0, 0.05) is 18.3 Å². The fourth-order valence-corrected chi connectivity index (χ4v) is 2.80. The fraction of sp³-hybridized carbons (Fsp3) is 0.312. The van der Waals surface area contributed by atoms with Gasteiger partial charge in [0.25, 0.3) is 0 Å². The molecular formula is C16H18N2O. The standard InChI is InChI=1S/C16H18N2O/c1-11(15-4-2-3-9-17-15)18-16-8-5-12-10-13(19)6-7-14(12)16/h2-4,6-7,9-11,16,18-19H,5,8H2,1H3. The Kier molecular flexibility index (Phi) is 3.22. The molecule has 19 heavy (non-hydrogen) atoms. The normalized spacial score (nSPS) is 19.1. The number of fused-ring (bicyclic) bond motifs is 1. The second-order valence-electron chi connectivity index (χ2n) is 5.12. The summed E-state index contributed by atoms with van der Waals surface area (Å²) in [5.74, 6) is 0.358. The highest BCUT2D eigenvalue weighted by molar-refractivity contribution is 5.40. The minimum absolute atomic E-state index is 0.228. The van der Waals surface area contributed by atoms with Crippen molar-refractivity contribution >= 4 is 0 Å². The average molecular weight is 254 g/mol. The summed E-state index contributed by atoms with van der Waals surface area (Å²) in [4.78, 5) is 4.39. The third kappa shape index (κ3) is 2.47. The number of benzene rings is 1. The fourth-order valence-electron chi connectivity index (χ4n) is 2.80. The summed E-state index contributed by atoms with van der Waals surface area (Å²) in [5, 5.41) is 13.1. The lowest BCUT2D eigenvalue weighted by molar-refractivity contribution is 0.457. The van der Waals surface area contributed by atoms with Crippen molar-refractivity contribution in [3.05, 3.63) is 59.4 Å². The summed E-state index contributed by atoms with van der Waals surface area (Å²) < 4.78 is 0. The maximum Gasteiger partial charge on any atom is 0.115 e. The first-order valence-electron chi connectivity index (χ1n) is 6.73. The Morgan fingerprint density at radius 2 is 2.21 bits per heavy atom. The van der Waals surface area contributed by atoms with Gasteiger partial charge in [-0.1, -0.05) is 12.1 Å². The van der Waals surface area contributed by atoms with Crippen molar-refractivity contribution in [3.63, 3.8) is 0 Å². The number of aromatic nitrogens is 1. The van der Waals surface area contributed by atoms with Crippen molar-refractivity contribution in [1.29, 1.82) is 0 Å². The zero-order valence-electron chi connectivity index (χ0n) is 11.0. The van der Waals surface area contributed by atoms with Crippen molar-refractivity contribution in [3.8, 4) is 5.75 Å². The number of nitrogens with zero attached hydrogens (tertiary/aromatic N) is 1. The Balaban J connectivity index is 1.76. The van der Waals surface area contributed by atoms with Crippen LogP contribution < -0.4 is 5.32 Å². The van der Waals surface area contributed by atoms with E-state index in [4.69, 9.17) is 0 Å². The number of hydrogen-bond donors (Lipinski definition) is 2. The van der Waals surface area contributed by atoms with Crippen LogP contribution in [0, 0.1) is 0 Å². The molecule has 2 aromatic rings. The van der Waals surface area contributed by atoms with E-state index in [1.165, 1.54) is 11.1 Å². The van der Waals surface area contributed by atoms with Crippen molar-refractivity contribution in [2.75, 3.05) is 0 Å². The van der Waals surface area contributed by atoms with E-state index < -0.39 is 0 Å². The maximum absolute atomic E-state index is 9.51. The predicted octanol–water partition coefficient (Wildman–Crippen LogP) is 3.13. The first-order chi connectivity index (χ1) is 9.24. The Bertz CT molecular complexity index is 568. The van der Waals surface area contributed by atoms with Crippen LogP contribution in [0.15, 0.2) is 42.6 Å². The molecule has 1 aliphatic carbocycles. The van der Waals surface area contributed by atoms with E-state index in [1.54, 1.807) is 6.07 Å². The van der Waals surface area contributed by atoms with E-state index in [1.807, 2.05) is 36.5 Å². The predicted molar refractivity (Wildman–Crippen MR) is 75.0 cm³/mol. The van der Waals surface area contributed by atoms with Gasteiger partial charge in [-0.25, -0.2) is 0 Å². The molecule has 3 nitrogen and oxygen atoms in total. The first-order valence-corrected chi connectivity index (χ1v) is 6.73. The van der Waals surface area contributed by atoms with Crippen LogP contribution in [0.2, 0.25) is 0 Å². The molecule has 98 valence electrons. The molecule has 0 aliphatic heterocycles. The molecule has 0 bridgehead atoms. The Morgan fingerprint density at radius 3 is 3.00 bits per heavy atom. The topological polar surface area (TPSA) is 45.1 Å². The molecule has 3 rings (SSSR count). The Morgan fingerprint density at radius 1 is 1.32 bits per heavy atom. The molecule has 0 amide bonds. The van der Waals surface area contributed by atoms with E-state index in [0.29, 0.717) is 11.8 Å². The van der Waals surface area contributed by atoms with Crippen LogP contribution >= 0.6 is 0 Å². The molecule has 0 saturated carbocycles. The monoisotopic (exact) mass is 254 g/mol. The Hall–Kier alpha value is -1.87. The minimum atomic E-state index is 0.228. The van der Waals surface area contributed by atoms with Gasteiger partial charge in [-0.2, -0.15) is 0 Å². The number of nitrogens with one attached hydrogen (secondary N) is 1. The van der Waals surface area contributed by atoms with Crippen molar-refractivity contribution in [2.24, 2.45) is 0 Å². The molecule has 0 spiro atoms. The summed E-state index contributed by atoms with van der Waals surface area (Å²) in [6.45, 7) is 2.14. The zero-order chi connectivity index (χ0) is 13.2. The number of hydrogen-bond acceptors (Lipinski definition) is 3. The van der Waals surface area contributed by atoms with Gasteiger partial charge in [0.2, 0.25) is 0 Å². The second kappa shape index (κ2) is 5.02. The third-order valence-electron chi connectivity index (χ3n) is 3.79. The highest BCUT2D eigenvalue weighted by Gasteiger charge is 2.24. The molecule has 2 unspecified atom stereocenters. The van der Waals surface area contributed by atoms with Gasteiger partial charge in [-0.05, 0) is 55.2 Å². The molecule has 2 atom stereocenters. The van der Waals surface area contributed by atoms with Gasteiger partial charge >= 0.3 is 0 Å². The number of aromatic hydroxyl groups is 1. The highest BCUT2D eigenvalue weighted by atomic mass is 16.3. The maximum atomic E-state index is 9.51. The molecule has 3 heteroatoms. The SMILES string of the molecule is CC(NC1CCc2cc(O)ccc21)c1ccccn1. The quantitative estimate of drug-likeness (QED) is 0.884. The summed E-state index contributed by atoms with van der Waals surface area (Å²) in [5.41, 5.74) is 3.63. The number of aryl methyl sites for hydroxylation is 1. The third-order valence-corrected chi connectivity index (χ3v) is 3.79. The highest BCUT2D eigenvalue weighted by Crippen LogP contribution is 2.34. The van der Waals surface area contributed by atoms with Crippen molar-refractivity contribution < 1.29 is 5.11 Å². The van der Waals surface area contributed by atoms with Gasteiger partial charge < -0.3 is 10.4 Å². The van der Waals surface area contributed by atoms with E-state index >= 15 is 0 Å². The molecule has 1 aromatic heterocycles. The summed E-state index contributed by atoms with van der Waals surface area (Å²) >= 11 is 0. The second-order valence-corrected chi connectivity index (χ2v) is 5.12. The van der Waals surface area contributed by atoms with Crippen LogP contribution in [-0.4, -0.2) is 10.1 Å². The van der Waals surface area contributed by atoms with Crippen molar-refractivity contribution in [2.45, 2.75) is 31.8 Å². The van der Waals surface area contributed by atoms with E-state index in [9.17, 15) is 5.11 Å². The summed E-state index contributed by atoms with van der Waals surface area (Å²) in [6.07, 6.45) is 3.93. The van der Waals surface area contributed by atoms with Crippen LogP contribution in [-0.2, 0) is 6.42 Å². The van der Waals surface area contributed by atoms with Gasteiger partial charge in [0.05, 0.1) is 5.69 Å². The van der Waals surface area contributed by atoms with E-state index in [2.05, 4.69) is 17.2 Å². The van der Waals surface area contributed by atoms with Gasteiger partial charge in [0.15, 0.2) is 0 Å². The summed E-state index contributed by atoms with van der Waals surface area (Å²) in [7, 11) is 0. The van der Waals surface area contributed by atoms with Gasteiger partial charge in [-0.3, -0.25) is 4.98 Å². The zero-order valence-corrected chi connectivity index (χ0v) is 11.0. The number of pyridine rings is 1. The lowest BCUT2D eigenvalue weighted by atomic mass is 10.1. The lowest BCUT2D eigenvalue weighted by Crippen LogP contribution is -2.23. The molecular weight excluding hydrogens is 236 g/mol. The molecule has 1 aromatic carbocycles. The van der Waals surface area contributed by atoms with E-state index in [0.717, 1.165) is 18.5 Å². The Labute approximate surface area is 113 Å². The van der Waals surface area contributed by atoms with Crippen LogP contribution in [0.1, 0.15) is 42.2 Å². The number of phenols is 1.